The highest BCUT2D eigenvalue weighted by molar-refractivity contribution is 9.10. The topological polar surface area (TPSA) is 62.1 Å². The van der Waals surface area contributed by atoms with Gasteiger partial charge in [0.2, 0.25) is 0 Å². The van der Waals surface area contributed by atoms with Crippen molar-refractivity contribution in [2.24, 2.45) is 0 Å². The van der Waals surface area contributed by atoms with E-state index in [0.29, 0.717) is 27.6 Å². The Kier molecular flexibility index (Phi) is 7.23. The molecule has 0 fully saturated rings. The highest BCUT2D eigenvalue weighted by Gasteiger charge is 2.13. The molecule has 0 bridgehead atoms. The molecule has 0 radical (unpaired) electrons. The molecule has 0 heterocycles. The van der Waals surface area contributed by atoms with Gasteiger partial charge < -0.3 is 10.1 Å². The Bertz CT molecular complexity index is 1160. The van der Waals surface area contributed by atoms with Crippen molar-refractivity contribution in [1.29, 1.82) is 5.26 Å². The van der Waals surface area contributed by atoms with Crippen molar-refractivity contribution in [2.45, 2.75) is 6.61 Å². The zero-order chi connectivity index (χ0) is 21.5. The molecule has 7 heteroatoms. The Morgan fingerprint density at radius 3 is 2.70 bits per heavy atom. The monoisotopic (exact) mass is 484 g/mol. The van der Waals surface area contributed by atoms with Crippen LogP contribution in [-0.2, 0) is 11.4 Å². The van der Waals surface area contributed by atoms with Crippen LogP contribution in [0.25, 0.3) is 6.08 Å². The first-order valence-corrected chi connectivity index (χ1v) is 9.98. The summed E-state index contributed by atoms with van der Waals surface area (Å²) in [6.07, 6.45) is 1.42. The van der Waals surface area contributed by atoms with Crippen molar-refractivity contribution in [3.05, 3.63) is 98.7 Å². The Balaban J connectivity index is 1.84. The number of halogens is 3. The van der Waals surface area contributed by atoms with Gasteiger partial charge in [0.15, 0.2) is 0 Å². The lowest BCUT2D eigenvalue weighted by atomic mass is 10.1. The molecule has 0 aliphatic carbocycles. The molecule has 1 N–H and O–H groups in total. The molecule has 0 spiro atoms. The minimum Gasteiger partial charge on any atom is -0.488 e. The van der Waals surface area contributed by atoms with E-state index in [1.54, 1.807) is 60.7 Å². The van der Waals surface area contributed by atoms with Gasteiger partial charge in [0, 0.05) is 26.3 Å². The summed E-state index contributed by atoms with van der Waals surface area (Å²) >= 11 is 9.30. The number of carbonyl (C=O) groups excluding carboxylic acids is 1. The van der Waals surface area contributed by atoms with E-state index in [2.05, 4.69) is 21.2 Å². The van der Waals surface area contributed by atoms with Crippen molar-refractivity contribution in [3.8, 4) is 11.8 Å². The van der Waals surface area contributed by atoms with E-state index in [-0.39, 0.29) is 18.0 Å². The van der Waals surface area contributed by atoms with Crippen molar-refractivity contribution in [3.63, 3.8) is 0 Å². The number of nitrogens with zero attached hydrogens (tertiary/aromatic N) is 1. The van der Waals surface area contributed by atoms with Gasteiger partial charge in [-0.2, -0.15) is 5.26 Å². The van der Waals surface area contributed by atoms with Gasteiger partial charge in [-0.25, -0.2) is 4.39 Å². The molecule has 150 valence electrons. The van der Waals surface area contributed by atoms with Gasteiger partial charge in [0.25, 0.3) is 5.91 Å². The number of anilines is 1. The molecule has 0 aliphatic rings. The summed E-state index contributed by atoms with van der Waals surface area (Å²) < 4.78 is 20.3. The number of amides is 1. The van der Waals surface area contributed by atoms with Crippen molar-refractivity contribution >= 4 is 45.2 Å². The summed E-state index contributed by atoms with van der Waals surface area (Å²) in [5.41, 5.74) is 1.25. The second-order valence-corrected chi connectivity index (χ2v) is 7.55. The zero-order valence-electron chi connectivity index (χ0n) is 15.5. The third-order valence-electron chi connectivity index (χ3n) is 4.06. The van der Waals surface area contributed by atoms with Crippen LogP contribution in [0, 0.1) is 17.1 Å². The van der Waals surface area contributed by atoms with E-state index in [0.717, 1.165) is 4.47 Å². The first-order valence-electron chi connectivity index (χ1n) is 8.81. The highest BCUT2D eigenvalue weighted by atomic mass is 79.9. The number of hydrogen-bond donors (Lipinski definition) is 1. The van der Waals surface area contributed by atoms with Crippen molar-refractivity contribution < 1.29 is 13.9 Å². The minimum absolute atomic E-state index is 0.00570. The molecule has 0 saturated heterocycles. The third kappa shape index (κ3) is 5.69. The maximum absolute atomic E-state index is 13.9. The maximum Gasteiger partial charge on any atom is 0.266 e. The maximum atomic E-state index is 13.9. The fourth-order valence-electron chi connectivity index (χ4n) is 2.60. The molecular formula is C23H15BrClFN2O2. The Morgan fingerprint density at radius 2 is 1.97 bits per heavy atom. The molecule has 30 heavy (non-hydrogen) atoms. The van der Waals surface area contributed by atoms with Crippen LogP contribution in [0.5, 0.6) is 5.75 Å². The molecule has 0 atom stereocenters. The predicted octanol–water partition coefficient (Wildman–Crippen LogP) is 6.37. The van der Waals surface area contributed by atoms with E-state index in [1.165, 1.54) is 12.1 Å². The van der Waals surface area contributed by atoms with Gasteiger partial charge in [0.05, 0.1) is 0 Å². The van der Waals surface area contributed by atoms with Gasteiger partial charge in [-0.05, 0) is 48.5 Å². The van der Waals surface area contributed by atoms with E-state index in [9.17, 15) is 14.4 Å². The van der Waals surface area contributed by atoms with Crippen LogP contribution in [0.2, 0.25) is 5.02 Å². The fourth-order valence-corrected chi connectivity index (χ4v) is 3.17. The zero-order valence-corrected chi connectivity index (χ0v) is 17.9. The molecule has 1 amide bonds. The first-order chi connectivity index (χ1) is 14.5. The normalized spacial score (nSPS) is 10.9. The summed E-state index contributed by atoms with van der Waals surface area (Å²) in [7, 11) is 0. The first kappa shape index (κ1) is 21.6. The van der Waals surface area contributed by atoms with Crippen molar-refractivity contribution in [2.75, 3.05) is 5.32 Å². The third-order valence-corrected chi connectivity index (χ3v) is 4.79. The second kappa shape index (κ2) is 10.1. The van der Waals surface area contributed by atoms with E-state index >= 15 is 0 Å². The predicted molar refractivity (Wildman–Crippen MR) is 119 cm³/mol. The number of nitrogens with one attached hydrogen (secondary N) is 1. The average molecular weight is 486 g/mol. The quantitative estimate of drug-likeness (QED) is 0.326. The van der Waals surface area contributed by atoms with Crippen LogP contribution < -0.4 is 10.1 Å². The standard InChI is InChI=1S/C23H15BrClFN2O2/c24-18-8-9-22(30-14-15-4-1-2-7-21(15)26)16(11-18)10-17(13-27)23(29)28-20-6-3-5-19(25)12-20/h1-12H,14H2,(H,28,29)/b17-10+. The average Bonchev–Trinajstić information content (AvgIpc) is 2.72. The Morgan fingerprint density at radius 1 is 1.17 bits per heavy atom. The lowest BCUT2D eigenvalue weighted by molar-refractivity contribution is -0.112. The number of hydrogen-bond acceptors (Lipinski definition) is 3. The highest BCUT2D eigenvalue weighted by Crippen LogP contribution is 2.27. The molecule has 4 nitrogen and oxygen atoms in total. The van der Waals surface area contributed by atoms with Gasteiger partial charge in [-0.3, -0.25) is 4.79 Å². The van der Waals surface area contributed by atoms with E-state index in [1.807, 2.05) is 6.07 Å². The molecule has 3 aromatic carbocycles. The van der Waals surface area contributed by atoms with Crippen LogP contribution in [0.4, 0.5) is 10.1 Å². The Labute approximate surface area is 186 Å². The SMILES string of the molecule is N#C/C(=C\c1cc(Br)ccc1OCc1ccccc1F)C(=O)Nc1cccc(Cl)c1. The number of benzene rings is 3. The molecule has 0 aliphatic heterocycles. The Hall–Kier alpha value is -3.14. The fraction of sp³-hybridized carbons (Fsp3) is 0.0435. The van der Waals surface area contributed by atoms with E-state index in [4.69, 9.17) is 16.3 Å². The lowest BCUT2D eigenvalue weighted by Gasteiger charge is -2.11. The number of nitriles is 1. The second-order valence-electron chi connectivity index (χ2n) is 6.20. The summed E-state index contributed by atoms with van der Waals surface area (Å²) in [6, 6.07) is 20.0. The molecule has 0 unspecified atom stereocenters. The summed E-state index contributed by atoms with van der Waals surface area (Å²) in [4.78, 5) is 12.5. The largest absolute Gasteiger partial charge is 0.488 e. The summed E-state index contributed by atoms with van der Waals surface area (Å²) in [6.45, 7) is 0.00570. The molecule has 3 aromatic rings. The van der Waals surface area contributed by atoms with Gasteiger partial charge in [0.1, 0.15) is 29.8 Å². The number of rotatable bonds is 6. The molecular weight excluding hydrogens is 471 g/mol. The van der Waals surface area contributed by atoms with Crippen LogP contribution >= 0.6 is 27.5 Å². The van der Waals surface area contributed by atoms with Crippen LogP contribution in [0.15, 0.2) is 76.8 Å². The van der Waals surface area contributed by atoms with Crippen LogP contribution in [0.3, 0.4) is 0 Å². The van der Waals surface area contributed by atoms with Crippen molar-refractivity contribution in [1.82, 2.24) is 0 Å². The summed E-state index contributed by atoms with van der Waals surface area (Å²) in [5, 5.41) is 12.6. The van der Waals surface area contributed by atoms with E-state index < -0.39 is 5.91 Å². The smallest absolute Gasteiger partial charge is 0.266 e. The molecule has 0 saturated carbocycles. The molecule has 0 aromatic heterocycles. The summed E-state index contributed by atoms with van der Waals surface area (Å²) in [5.74, 6) is -0.546. The molecule has 3 rings (SSSR count). The van der Waals surface area contributed by atoms with Crippen LogP contribution in [0.1, 0.15) is 11.1 Å². The minimum atomic E-state index is -0.584. The number of carbonyl (C=O) groups is 1. The van der Waals surface area contributed by atoms with Gasteiger partial charge >= 0.3 is 0 Å². The number of ether oxygens (including phenoxy) is 1. The lowest BCUT2D eigenvalue weighted by Crippen LogP contribution is -2.13. The van der Waals surface area contributed by atoms with Gasteiger partial charge in [-0.1, -0.05) is 51.8 Å². The van der Waals surface area contributed by atoms with Gasteiger partial charge in [-0.15, -0.1) is 0 Å². The van der Waals surface area contributed by atoms with Crippen LogP contribution in [-0.4, -0.2) is 5.91 Å².